The van der Waals surface area contributed by atoms with Gasteiger partial charge in [-0.1, -0.05) is 198 Å². The first-order chi connectivity index (χ1) is 39.5. The molecule has 0 unspecified atom stereocenters. The molecule has 3 aliphatic rings. The van der Waals surface area contributed by atoms with Gasteiger partial charge in [0.2, 0.25) is 16.6 Å². The van der Waals surface area contributed by atoms with Crippen LogP contribution in [-0.2, 0) is 43.0 Å². The van der Waals surface area contributed by atoms with Gasteiger partial charge in [0, 0.05) is 71.7 Å². The molecule has 2 aromatic rings. The lowest BCUT2D eigenvalue weighted by molar-refractivity contribution is -0.197. The van der Waals surface area contributed by atoms with Gasteiger partial charge in [0.1, 0.15) is 23.0 Å². The Morgan fingerprint density at radius 1 is 0.529 bits per heavy atom. The van der Waals surface area contributed by atoms with Crippen molar-refractivity contribution in [3.05, 3.63) is 70.8 Å². The molecule has 0 aromatic heterocycles. The van der Waals surface area contributed by atoms with E-state index in [1.165, 1.54) is 36.8 Å². The first-order valence-electron chi connectivity index (χ1n) is 32.3. The number of imide groups is 1. The number of hydroxylamine groups is 2. The van der Waals surface area contributed by atoms with Gasteiger partial charge in [-0.15, -0.1) is 5.06 Å². The van der Waals surface area contributed by atoms with E-state index in [2.05, 4.69) is 172 Å². The second-order valence-electron chi connectivity index (χ2n) is 30.0. The second kappa shape index (κ2) is 32.2. The topological polar surface area (TPSA) is 156 Å². The van der Waals surface area contributed by atoms with Gasteiger partial charge < -0.3 is 37.7 Å². The molecule has 3 aliphatic heterocycles. The average Bonchev–Trinajstić information content (AvgIpc) is 2.12. The van der Waals surface area contributed by atoms with Gasteiger partial charge >= 0.3 is 11.9 Å². The van der Waals surface area contributed by atoms with Gasteiger partial charge in [-0.05, 0) is 97.4 Å². The van der Waals surface area contributed by atoms with Crippen LogP contribution in [0.15, 0.2) is 59.7 Å². The maximum absolute atomic E-state index is 11.9. The number of amides is 2. The molecule has 13 nitrogen and oxygen atoms in total. The molecule has 1 N–H and O–H groups in total. The third-order valence-corrected chi connectivity index (χ3v) is 26.6. The Bertz CT molecular complexity index is 2530. The second-order valence-corrected chi connectivity index (χ2v) is 39.5. The summed E-state index contributed by atoms with van der Waals surface area (Å²) in [7, 11) is -3.89. The molecule has 3 heterocycles. The summed E-state index contributed by atoms with van der Waals surface area (Å²) in [5.41, 5.74) is 4.29. The van der Waals surface area contributed by atoms with Crippen LogP contribution in [0.25, 0.3) is 11.5 Å². The third kappa shape index (κ3) is 22.9. The Morgan fingerprint density at radius 2 is 0.871 bits per heavy atom. The Kier molecular flexibility index (Phi) is 27.6. The molecule has 1 saturated heterocycles. The fourth-order valence-electron chi connectivity index (χ4n) is 11.3. The summed E-state index contributed by atoms with van der Waals surface area (Å²) in [5, 5.41) is 9.59. The molecule has 0 spiro atoms. The number of benzene rings is 2. The lowest BCUT2D eigenvalue weighted by Crippen LogP contribution is -2.43. The van der Waals surface area contributed by atoms with Crippen molar-refractivity contribution < 1.29 is 56.9 Å². The number of aliphatic carboxylic acids is 1. The zero-order valence-electron chi connectivity index (χ0n) is 56.4. The minimum absolute atomic E-state index is 0.0665. The van der Waals surface area contributed by atoms with Crippen LogP contribution < -0.4 is 8.85 Å². The Labute approximate surface area is 516 Å². The monoisotopic (exact) mass is 1220 g/mol. The van der Waals surface area contributed by atoms with E-state index in [0.717, 1.165) is 118 Å². The molecular weight excluding hydrogens is 1100 g/mol. The third-order valence-electron chi connectivity index (χ3n) is 17.8. The SMILES string of the molecule is CC(C)(COCCCCCCCCCCC(=O)O)C1=C(c2cccc(O[Si](C)(C)C(C)(C)C)c2)OCC1(C)C.CC(C)(COCCCCCCCCCCC(=O)ON1C(=O)CCC1=O)C1=C(c2cccc(O[Si](C)(C)C(C)(C)C)c2)OCC1(C)C. The first kappa shape index (κ1) is 73.0. The number of carboxylic acid groups (broad SMARTS) is 1. The van der Waals surface area contributed by atoms with Gasteiger partial charge in [-0.3, -0.25) is 14.4 Å². The van der Waals surface area contributed by atoms with Gasteiger partial charge in [0.15, 0.2) is 0 Å². The molecule has 0 saturated carbocycles. The van der Waals surface area contributed by atoms with Gasteiger partial charge in [-0.2, -0.15) is 0 Å². The van der Waals surface area contributed by atoms with Crippen molar-refractivity contribution >= 4 is 51.9 Å². The standard InChI is InChI=1S/C37H59NO7Si.C33H56O5Si/c1-35(2,3)46(8,9)45-29-20-18-19-28(25-29)33-34(37(6,7)27-43-33)36(4,5)26-42-24-17-15-13-11-10-12-14-16-21-32(41)44-38-30(39)22-23-31(38)40;1-31(2,3)39(8,9)38-27-20-18-19-26(23-27)29-30(33(6,7)25-37-29)32(4,5)24-36-22-17-15-13-11-10-12-14-16-21-28(34)35/h18-20,25H,10-17,21-24,26-27H2,1-9H3;18-20,23H,10-17,21-22,24-25H2,1-9H3,(H,34,35). The average molecular weight is 1220 g/mol. The highest BCUT2D eigenvalue weighted by atomic mass is 28.4. The summed E-state index contributed by atoms with van der Waals surface area (Å²) in [6.45, 7) is 45.0. The van der Waals surface area contributed by atoms with Crippen LogP contribution in [0.1, 0.15) is 236 Å². The normalized spacial score (nSPS) is 16.6. The van der Waals surface area contributed by atoms with E-state index >= 15 is 0 Å². The minimum atomic E-state index is -1.96. The Morgan fingerprint density at radius 3 is 1.22 bits per heavy atom. The van der Waals surface area contributed by atoms with Crippen LogP contribution in [0, 0.1) is 21.7 Å². The molecule has 5 rings (SSSR count). The Hall–Kier alpha value is -4.45. The molecule has 15 heteroatoms. The lowest BCUT2D eigenvalue weighted by Gasteiger charge is -2.36. The summed E-state index contributed by atoms with van der Waals surface area (Å²) in [6, 6.07) is 16.8. The molecule has 0 radical (unpaired) electrons. The van der Waals surface area contributed by atoms with Crippen molar-refractivity contribution in [2.75, 3.05) is 39.6 Å². The number of hydrogen-bond donors (Lipinski definition) is 1. The summed E-state index contributed by atoms with van der Waals surface area (Å²) in [5.74, 6) is 1.72. The molecule has 0 atom stereocenters. The molecular formula is C70H115NO12Si2. The number of hydrogen-bond acceptors (Lipinski definition) is 11. The minimum Gasteiger partial charge on any atom is -0.543 e. The van der Waals surface area contributed by atoms with Crippen molar-refractivity contribution in [3.63, 3.8) is 0 Å². The van der Waals surface area contributed by atoms with E-state index in [4.69, 9.17) is 37.7 Å². The van der Waals surface area contributed by atoms with Gasteiger partial charge in [-0.25, -0.2) is 4.79 Å². The van der Waals surface area contributed by atoms with Crippen LogP contribution in [0.3, 0.4) is 0 Å². The van der Waals surface area contributed by atoms with E-state index in [9.17, 15) is 19.2 Å². The molecule has 1 fully saturated rings. The summed E-state index contributed by atoms with van der Waals surface area (Å²) in [4.78, 5) is 50.4. The highest BCUT2D eigenvalue weighted by Crippen LogP contribution is 2.52. The van der Waals surface area contributed by atoms with E-state index in [0.29, 0.717) is 44.3 Å². The first-order valence-corrected chi connectivity index (χ1v) is 38.1. The number of ether oxygens (including phenoxy) is 4. The van der Waals surface area contributed by atoms with E-state index < -0.39 is 40.4 Å². The zero-order chi connectivity index (χ0) is 63.5. The predicted octanol–water partition coefficient (Wildman–Crippen LogP) is 18.5. The van der Waals surface area contributed by atoms with Gasteiger partial charge in [0.25, 0.3) is 11.8 Å². The maximum Gasteiger partial charge on any atom is 0.333 e. The van der Waals surface area contributed by atoms with Crippen molar-refractivity contribution in [2.45, 2.75) is 262 Å². The molecule has 2 amide bonds. The molecule has 480 valence electrons. The fraction of sp³-hybridized carbons (Fsp3) is 0.714. The fourth-order valence-corrected chi connectivity index (χ4v) is 13.3. The number of rotatable bonds is 35. The summed E-state index contributed by atoms with van der Waals surface area (Å²) >= 11 is 0. The quantitative estimate of drug-likeness (QED) is 0.0396. The number of nitrogens with zero attached hydrogens (tertiary/aromatic N) is 1. The summed E-state index contributed by atoms with van der Waals surface area (Å²) < 4.78 is 38.5. The maximum atomic E-state index is 11.9. The largest absolute Gasteiger partial charge is 0.543 e. The number of carboxylic acids is 1. The number of unbranched alkanes of at least 4 members (excludes halogenated alkanes) is 14. The van der Waals surface area contributed by atoms with Gasteiger partial charge in [0.05, 0.1) is 26.4 Å². The van der Waals surface area contributed by atoms with E-state index in [1.54, 1.807) is 0 Å². The van der Waals surface area contributed by atoms with Crippen LogP contribution in [0.4, 0.5) is 0 Å². The summed E-state index contributed by atoms with van der Waals surface area (Å²) in [6.07, 6.45) is 17.9. The highest BCUT2D eigenvalue weighted by Gasteiger charge is 2.46. The molecule has 0 aliphatic carbocycles. The van der Waals surface area contributed by atoms with E-state index in [-0.39, 0.29) is 51.0 Å². The zero-order valence-corrected chi connectivity index (χ0v) is 58.4. The van der Waals surface area contributed by atoms with E-state index in [1.807, 2.05) is 0 Å². The highest BCUT2D eigenvalue weighted by molar-refractivity contribution is 6.75. The van der Waals surface area contributed by atoms with Crippen LogP contribution in [0.5, 0.6) is 11.5 Å². The van der Waals surface area contributed by atoms with Crippen molar-refractivity contribution in [3.8, 4) is 11.5 Å². The molecule has 85 heavy (non-hydrogen) atoms. The van der Waals surface area contributed by atoms with Crippen molar-refractivity contribution in [2.24, 2.45) is 21.7 Å². The lowest BCUT2D eigenvalue weighted by atomic mass is 9.70. The van der Waals surface area contributed by atoms with Crippen molar-refractivity contribution in [1.29, 1.82) is 0 Å². The number of carbonyl (C=O) groups excluding carboxylic acids is 3. The van der Waals surface area contributed by atoms with Crippen LogP contribution in [-0.4, -0.2) is 90.2 Å². The Balaban J connectivity index is 0.000000370. The smallest absolute Gasteiger partial charge is 0.333 e. The van der Waals surface area contributed by atoms with Crippen LogP contribution >= 0.6 is 0 Å². The number of carbonyl (C=O) groups is 4. The van der Waals surface area contributed by atoms with Crippen LogP contribution in [0.2, 0.25) is 36.3 Å². The predicted molar refractivity (Wildman–Crippen MR) is 349 cm³/mol. The van der Waals surface area contributed by atoms with Crippen molar-refractivity contribution in [1.82, 2.24) is 5.06 Å². The molecule has 2 aromatic carbocycles. The molecule has 0 bridgehead atoms.